The van der Waals surface area contributed by atoms with Crippen molar-refractivity contribution in [2.45, 2.75) is 13.3 Å². The highest BCUT2D eigenvalue weighted by molar-refractivity contribution is 5.70. The molecule has 0 fully saturated rings. The fraction of sp³-hybridized carbons (Fsp3) is 0.333. The van der Waals surface area contributed by atoms with Crippen LogP contribution in [0.25, 0.3) is 11.2 Å². The van der Waals surface area contributed by atoms with Crippen molar-refractivity contribution in [2.75, 3.05) is 0 Å². The third-order valence-electron chi connectivity index (χ3n) is 2.02. The van der Waals surface area contributed by atoms with Gasteiger partial charge in [0.15, 0.2) is 5.65 Å². The van der Waals surface area contributed by atoms with Crippen LogP contribution >= 0.6 is 0 Å². The molecule has 2 aromatic rings. The molecule has 0 N–H and O–H groups in total. The summed E-state index contributed by atoms with van der Waals surface area (Å²) in [5, 5.41) is 0. The highest BCUT2D eigenvalue weighted by atomic mass is 15.1. The number of aromatic nitrogens is 3. The Morgan fingerprint density at radius 2 is 2.25 bits per heavy atom. The summed E-state index contributed by atoms with van der Waals surface area (Å²) in [5.74, 6) is 0. The fourth-order valence-electron chi connectivity index (χ4n) is 1.25. The number of fused-ring (bicyclic) bond motifs is 1. The van der Waals surface area contributed by atoms with E-state index < -0.39 is 0 Å². The van der Waals surface area contributed by atoms with Gasteiger partial charge < -0.3 is 4.57 Å². The predicted molar refractivity (Wildman–Crippen MR) is 47.9 cm³/mol. The summed E-state index contributed by atoms with van der Waals surface area (Å²) in [6.07, 6.45) is 4.71. The topological polar surface area (TPSA) is 30.7 Å². The second kappa shape index (κ2) is 2.59. The maximum Gasteiger partial charge on any atom is 0.159 e. The molecule has 0 aliphatic heterocycles. The molecule has 2 heterocycles. The largest absolute Gasteiger partial charge is 0.318 e. The van der Waals surface area contributed by atoms with E-state index in [2.05, 4.69) is 23.0 Å². The van der Waals surface area contributed by atoms with Crippen molar-refractivity contribution in [3.05, 3.63) is 24.2 Å². The number of pyridine rings is 1. The summed E-state index contributed by atoms with van der Waals surface area (Å²) < 4.78 is 1.93. The zero-order valence-electron chi connectivity index (χ0n) is 7.28. The van der Waals surface area contributed by atoms with Crippen molar-refractivity contribution < 1.29 is 0 Å². The van der Waals surface area contributed by atoms with Crippen molar-refractivity contribution in [1.82, 2.24) is 14.5 Å². The van der Waals surface area contributed by atoms with Crippen LogP contribution in [-0.4, -0.2) is 14.5 Å². The number of hydrogen-bond acceptors (Lipinski definition) is 2. The molecule has 2 rings (SSSR count). The molecule has 0 bridgehead atoms. The van der Waals surface area contributed by atoms with Gasteiger partial charge in [-0.25, -0.2) is 9.97 Å². The molecule has 0 atom stereocenters. The number of aryl methyl sites for hydroxylation is 2. The van der Waals surface area contributed by atoms with Gasteiger partial charge in [-0.05, 0) is 18.1 Å². The lowest BCUT2D eigenvalue weighted by Gasteiger charge is -1.95. The molecule has 0 amide bonds. The summed E-state index contributed by atoms with van der Waals surface area (Å²) >= 11 is 0. The van der Waals surface area contributed by atoms with Crippen LogP contribution in [0.4, 0.5) is 0 Å². The molecule has 0 saturated heterocycles. The van der Waals surface area contributed by atoms with Crippen molar-refractivity contribution >= 4 is 11.2 Å². The van der Waals surface area contributed by atoms with E-state index in [9.17, 15) is 0 Å². The number of rotatable bonds is 1. The van der Waals surface area contributed by atoms with E-state index in [1.54, 1.807) is 6.33 Å². The van der Waals surface area contributed by atoms with Gasteiger partial charge in [-0.1, -0.05) is 6.92 Å². The van der Waals surface area contributed by atoms with Crippen LogP contribution in [0.2, 0.25) is 0 Å². The monoisotopic (exact) mass is 161 g/mol. The average Bonchev–Trinajstić information content (AvgIpc) is 2.47. The van der Waals surface area contributed by atoms with Crippen LogP contribution in [0.15, 0.2) is 18.6 Å². The van der Waals surface area contributed by atoms with E-state index in [0.717, 1.165) is 17.6 Å². The van der Waals surface area contributed by atoms with Gasteiger partial charge in [0.05, 0.1) is 6.33 Å². The molecular formula is C9H11N3. The molecule has 0 spiro atoms. The van der Waals surface area contributed by atoms with Crippen LogP contribution < -0.4 is 0 Å². The SMILES string of the molecule is CCc1cnc2c(c1)ncn2C. The van der Waals surface area contributed by atoms with Gasteiger partial charge in [0, 0.05) is 13.2 Å². The third-order valence-corrected chi connectivity index (χ3v) is 2.02. The average molecular weight is 161 g/mol. The molecule has 2 aromatic heterocycles. The lowest BCUT2D eigenvalue weighted by atomic mass is 10.2. The Balaban J connectivity index is 2.69. The molecule has 62 valence electrons. The van der Waals surface area contributed by atoms with Gasteiger partial charge >= 0.3 is 0 Å². The Kier molecular flexibility index (Phi) is 1.57. The van der Waals surface area contributed by atoms with E-state index in [1.807, 2.05) is 17.8 Å². The second-order valence-electron chi connectivity index (χ2n) is 2.90. The molecule has 0 radical (unpaired) electrons. The van der Waals surface area contributed by atoms with Gasteiger partial charge in [-0.15, -0.1) is 0 Å². The highest BCUT2D eigenvalue weighted by Gasteiger charge is 2.00. The zero-order chi connectivity index (χ0) is 8.55. The molecule has 0 aliphatic carbocycles. The number of nitrogens with zero attached hydrogens (tertiary/aromatic N) is 3. The minimum absolute atomic E-state index is 0.951. The standard InChI is InChI=1S/C9H11N3/c1-3-7-4-8-9(10-5-7)12(2)6-11-8/h4-6H,3H2,1-2H3. The van der Waals surface area contributed by atoms with Gasteiger partial charge in [-0.3, -0.25) is 0 Å². The fourth-order valence-corrected chi connectivity index (χ4v) is 1.25. The van der Waals surface area contributed by atoms with Crippen molar-refractivity contribution in [3.8, 4) is 0 Å². The molecule has 3 heteroatoms. The van der Waals surface area contributed by atoms with E-state index in [4.69, 9.17) is 0 Å². The van der Waals surface area contributed by atoms with Crippen LogP contribution in [-0.2, 0) is 13.5 Å². The third kappa shape index (κ3) is 0.978. The van der Waals surface area contributed by atoms with Crippen molar-refractivity contribution in [3.63, 3.8) is 0 Å². The van der Waals surface area contributed by atoms with Crippen molar-refractivity contribution in [2.24, 2.45) is 7.05 Å². The van der Waals surface area contributed by atoms with Crippen LogP contribution in [0.3, 0.4) is 0 Å². The lowest BCUT2D eigenvalue weighted by molar-refractivity contribution is 0.929. The van der Waals surface area contributed by atoms with Crippen LogP contribution in [0.1, 0.15) is 12.5 Å². The van der Waals surface area contributed by atoms with Gasteiger partial charge in [0.25, 0.3) is 0 Å². The summed E-state index contributed by atoms with van der Waals surface area (Å²) in [7, 11) is 1.95. The van der Waals surface area contributed by atoms with Gasteiger partial charge in [0.1, 0.15) is 5.52 Å². The number of hydrogen-bond donors (Lipinski definition) is 0. The summed E-state index contributed by atoms with van der Waals surface area (Å²) in [4.78, 5) is 8.54. The first-order valence-corrected chi connectivity index (χ1v) is 4.07. The Bertz CT molecular complexity index is 403. The minimum atomic E-state index is 0.951. The first-order valence-electron chi connectivity index (χ1n) is 4.07. The van der Waals surface area contributed by atoms with Gasteiger partial charge in [-0.2, -0.15) is 0 Å². The molecule has 0 saturated carbocycles. The number of imidazole rings is 1. The smallest absolute Gasteiger partial charge is 0.159 e. The Morgan fingerprint density at radius 3 is 3.00 bits per heavy atom. The quantitative estimate of drug-likeness (QED) is 0.635. The van der Waals surface area contributed by atoms with E-state index >= 15 is 0 Å². The summed E-state index contributed by atoms with van der Waals surface area (Å²) in [6, 6.07) is 2.09. The van der Waals surface area contributed by atoms with E-state index in [1.165, 1.54) is 5.56 Å². The van der Waals surface area contributed by atoms with E-state index in [-0.39, 0.29) is 0 Å². The first kappa shape index (κ1) is 7.28. The summed E-state index contributed by atoms with van der Waals surface area (Å²) in [6.45, 7) is 2.12. The van der Waals surface area contributed by atoms with Crippen molar-refractivity contribution in [1.29, 1.82) is 0 Å². The maximum absolute atomic E-state index is 4.31. The Hall–Kier alpha value is -1.38. The van der Waals surface area contributed by atoms with E-state index in [0.29, 0.717) is 0 Å². The molecule has 0 aromatic carbocycles. The van der Waals surface area contributed by atoms with Crippen LogP contribution in [0.5, 0.6) is 0 Å². The highest BCUT2D eigenvalue weighted by Crippen LogP contribution is 2.10. The Labute approximate surface area is 71.1 Å². The lowest BCUT2D eigenvalue weighted by Crippen LogP contribution is -1.88. The summed E-state index contributed by atoms with van der Waals surface area (Å²) in [5.41, 5.74) is 3.17. The normalized spacial score (nSPS) is 10.8. The molecule has 3 nitrogen and oxygen atoms in total. The Morgan fingerprint density at radius 1 is 1.42 bits per heavy atom. The second-order valence-corrected chi connectivity index (χ2v) is 2.90. The first-order chi connectivity index (χ1) is 5.81. The minimum Gasteiger partial charge on any atom is -0.318 e. The maximum atomic E-state index is 4.31. The van der Waals surface area contributed by atoms with Gasteiger partial charge in [0.2, 0.25) is 0 Å². The zero-order valence-corrected chi connectivity index (χ0v) is 7.28. The predicted octanol–water partition coefficient (Wildman–Crippen LogP) is 1.53. The van der Waals surface area contributed by atoms with Crippen LogP contribution in [0, 0.1) is 0 Å². The molecule has 0 unspecified atom stereocenters. The molecular weight excluding hydrogens is 150 g/mol. The molecule has 12 heavy (non-hydrogen) atoms. The molecule has 0 aliphatic rings.